The molecule has 6 nitrogen and oxygen atoms in total. The van der Waals surface area contributed by atoms with Crippen molar-refractivity contribution in [3.05, 3.63) is 54.1 Å². The highest BCUT2D eigenvalue weighted by atomic mass is 16.5. The maximum absolute atomic E-state index is 12.6. The van der Waals surface area contributed by atoms with E-state index in [1.165, 1.54) is 27.2 Å². The Kier molecular flexibility index (Phi) is 5.78. The van der Waals surface area contributed by atoms with Crippen LogP contribution in [0.25, 0.3) is 0 Å². The Balaban J connectivity index is 2.29. The molecule has 0 aliphatic heterocycles. The number of nitrogens with zero attached hydrogens (tertiary/aromatic N) is 2. The van der Waals surface area contributed by atoms with Gasteiger partial charge in [0, 0.05) is 5.56 Å². The average Bonchev–Trinajstić information content (AvgIpc) is 2.61. The van der Waals surface area contributed by atoms with E-state index in [-0.39, 0.29) is 5.78 Å². The molecule has 0 aliphatic rings. The molecule has 0 aromatic heterocycles. The monoisotopic (exact) mass is 326 g/mol. The quantitative estimate of drug-likeness (QED) is 0.442. The van der Waals surface area contributed by atoms with Gasteiger partial charge in [-0.25, -0.2) is 0 Å². The van der Waals surface area contributed by atoms with Crippen molar-refractivity contribution in [2.75, 3.05) is 14.2 Å². The van der Waals surface area contributed by atoms with Gasteiger partial charge in [0.1, 0.15) is 0 Å². The predicted octanol–water partition coefficient (Wildman–Crippen LogP) is 3.63. The first kappa shape index (κ1) is 17.3. The third-order valence-electron chi connectivity index (χ3n) is 3.35. The molecule has 124 valence electrons. The van der Waals surface area contributed by atoms with Crippen molar-refractivity contribution in [2.24, 2.45) is 10.2 Å². The van der Waals surface area contributed by atoms with Gasteiger partial charge < -0.3 is 9.47 Å². The summed E-state index contributed by atoms with van der Waals surface area (Å²) >= 11 is 0. The van der Waals surface area contributed by atoms with Gasteiger partial charge in [0.15, 0.2) is 29.1 Å². The summed E-state index contributed by atoms with van der Waals surface area (Å²) in [5.41, 5.74) is 0.878. The smallest absolute Gasteiger partial charge is 0.196 e. The molecule has 0 spiro atoms. The molecule has 1 atom stereocenters. The third kappa shape index (κ3) is 4.04. The van der Waals surface area contributed by atoms with Crippen molar-refractivity contribution >= 4 is 17.3 Å². The van der Waals surface area contributed by atoms with E-state index in [4.69, 9.17) is 9.47 Å². The van der Waals surface area contributed by atoms with E-state index in [1.54, 1.807) is 36.4 Å². The average molecular weight is 326 g/mol. The lowest BCUT2D eigenvalue weighted by atomic mass is 10.0. The zero-order valence-corrected chi connectivity index (χ0v) is 13.7. The number of rotatable bonds is 7. The first-order chi connectivity index (χ1) is 11.6. The van der Waals surface area contributed by atoms with E-state index >= 15 is 0 Å². The molecule has 0 fully saturated rings. The number of carbonyl (C=O) groups is 2. The van der Waals surface area contributed by atoms with Gasteiger partial charge in [-0.05, 0) is 37.3 Å². The fourth-order valence-electron chi connectivity index (χ4n) is 2.08. The second-order valence-electron chi connectivity index (χ2n) is 5.00. The van der Waals surface area contributed by atoms with Crippen LogP contribution < -0.4 is 9.47 Å². The van der Waals surface area contributed by atoms with Gasteiger partial charge in [0.2, 0.25) is 0 Å². The predicted molar refractivity (Wildman–Crippen MR) is 89.3 cm³/mol. The van der Waals surface area contributed by atoms with Crippen LogP contribution in [0.15, 0.2) is 58.8 Å². The minimum atomic E-state index is -1.19. The molecule has 2 aromatic rings. The first-order valence-electron chi connectivity index (χ1n) is 7.29. The fourth-order valence-corrected chi connectivity index (χ4v) is 2.08. The van der Waals surface area contributed by atoms with Crippen molar-refractivity contribution in [3.63, 3.8) is 0 Å². The molecule has 2 aromatic carbocycles. The third-order valence-corrected chi connectivity index (χ3v) is 3.35. The summed E-state index contributed by atoms with van der Waals surface area (Å²) in [6.45, 7) is 1.31. The number of carbonyl (C=O) groups excluding carboxylic acids is 2. The second kappa shape index (κ2) is 8.01. The normalized spacial score (nSPS) is 12.0. The van der Waals surface area contributed by atoms with Crippen molar-refractivity contribution in [3.8, 4) is 11.5 Å². The number of azo groups is 1. The Morgan fingerprint density at radius 2 is 1.62 bits per heavy atom. The largest absolute Gasteiger partial charge is 0.493 e. The van der Waals surface area contributed by atoms with Crippen LogP contribution in [-0.4, -0.2) is 31.8 Å². The number of hydrogen-bond acceptors (Lipinski definition) is 6. The highest BCUT2D eigenvalue weighted by molar-refractivity contribution is 6.13. The summed E-state index contributed by atoms with van der Waals surface area (Å²) in [5.74, 6) is 0.0857. The lowest BCUT2D eigenvalue weighted by molar-refractivity contribution is -0.117. The van der Waals surface area contributed by atoms with E-state index in [0.717, 1.165) is 0 Å². The van der Waals surface area contributed by atoms with E-state index in [2.05, 4.69) is 10.2 Å². The van der Waals surface area contributed by atoms with E-state index in [1.807, 2.05) is 6.07 Å². The van der Waals surface area contributed by atoms with E-state index in [9.17, 15) is 9.59 Å². The maximum Gasteiger partial charge on any atom is 0.196 e. The van der Waals surface area contributed by atoms with Gasteiger partial charge in [-0.3, -0.25) is 9.59 Å². The van der Waals surface area contributed by atoms with Gasteiger partial charge in [0.05, 0.1) is 19.9 Å². The summed E-state index contributed by atoms with van der Waals surface area (Å²) in [6.07, 6.45) is 0. The number of Topliss-reactive ketones (excluding diaryl/α,β-unsaturated/α-hetero) is 2. The van der Waals surface area contributed by atoms with Crippen LogP contribution in [0.2, 0.25) is 0 Å². The van der Waals surface area contributed by atoms with Gasteiger partial charge in [0.25, 0.3) is 0 Å². The molecular weight excluding hydrogens is 308 g/mol. The summed E-state index contributed by atoms with van der Waals surface area (Å²) in [4.78, 5) is 24.4. The topological polar surface area (TPSA) is 77.3 Å². The fraction of sp³-hybridized carbons (Fsp3) is 0.222. The summed E-state index contributed by atoms with van der Waals surface area (Å²) < 4.78 is 10.3. The number of methoxy groups -OCH3 is 2. The lowest BCUT2D eigenvalue weighted by Crippen LogP contribution is -2.26. The molecule has 6 heteroatoms. The molecule has 0 amide bonds. The van der Waals surface area contributed by atoms with Gasteiger partial charge in [-0.2, -0.15) is 10.2 Å². The Morgan fingerprint density at radius 3 is 2.21 bits per heavy atom. The SMILES string of the molecule is COc1ccc(C(=O)C(N=Nc2ccccc2)C(C)=O)cc1OC. The number of ether oxygens (including phenoxy) is 2. The lowest BCUT2D eigenvalue weighted by Gasteiger charge is -2.11. The molecule has 2 rings (SSSR count). The van der Waals surface area contributed by atoms with E-state index < -0.39 is 11.8 Å². The van der Waals surface area contributed by atoms with Crippen LogP contribution in [0.3, 0.4) is 0 Å². The molecule has 0 heterocycles. The first-order valence-corrected chi connectivity index (χ1v) is 7.29. The summed E-state index contributed by atoms with van der Waals surface area (Å²) in [5, 5.41) is 7.90. The number of ketones is 2. The zero-order chi connectivity index (χ0) is 17.5. The molecule has 0 saturated heterocycles. The van der Waals surface area contributed by atoms with Gasteiger partial charge >= 0.3 is 0 Å². The van der Waals surface area contributed by atoms with E-state index in [0.29, 0.717) is 22.7 Å². The maximum atomic E-state index is 12.6. The Labute approximate surface area is 140 Å². The minimum Gasteiger partial charge on any atom is -0.493 e. The van der Waals surface area contributed by atoms with Gasteiger partial charge in [-0.1, -0.05) is 18.2 Å². The van der Waals surface area contributed by atoms with Crippen LogP contribution in [0.4, 0.5) is 5.69 Å². The molecule has 0 saturated carbocycles. The van der Waals surface area contributed by atoms with Crippen LogP contribution >= 0.6 is 0 Å². The van der Waals surface area contributed by atoms with Crippen LogP contribution in [0.5, 0.6) is 11.5 Å². The van der Waals surface area contributed by atoms with Crippen LogP contribution in [0.1, 0.15) is 17.3 Å². The summed E-state index contributed by atoms with van der Waals surface area (Å²) in [6, 6.07) is 12.4. The second-order valence-corrected chi connectivity index (χ2v) is 5.00. The minimum absolute atomic E-state index is 0.305. The van der Waals surface area contributed by atoms with Crippen LogP contribution in [0, 0.1) is 0 Å². The van der Waals surface area contributed by atoms with Crippen molar-refractivity contribution in [1.82, 2.24) is 0 Å². The number of hydrogen-bond donors (Lipinski definition) is 0. The van der Waals surface area contributed by atoms with Crippen LogP contribution in [-0.2, 0) is 4.79 Å². The number of benzene rings is 2. The molecule has 0 aliphatic carbocycles. The molecule has 0 radical (unpaired) electrons. The highest BCUT2D eigenvalue weighted by Crippen LogP contribution is 2.28. The standard InChI is InChI=1S/C18H18N2O4/c1-12(21)17(20-19-14-7-5-4-6-8-14)18(22)13-9-10-15(23-2)16(11-13)24-3/h4-11,17H,1-3H3. The molecular formula is C18H18N2O4. The van der Waals surface area contributed by atoms with Crippen molar-refractivity contribution in [1.29, 1.82) is 0 Å². The molecule has 0 N–H and O–H groups in total. The molecule has 0 bridgehead atoms. The van der Waals surface area contributed by atoms with Crippen molar-refractivity contribution in [2.45, 2.75) is 13.0 Å². The Hall–Kier alpha value is -3.02. The van der Waals surface area contributed by atoms with Crippen molar-refractivity contribution < 1.29 is 19.1 Å². The van der Waals surface area contributed by atoms with Gasteiger partial charge in [-0.15, -0.1) is 0 Å². The Morgan fingerprint density at radius 1 is 0.958 bits per heavy atom. The molecule has 1 unspecified atom stereocenters. The Bertz CT molecular complexity index is 757. The molecule has 24 heavy (non-hydrogen) atoms. The zero-order valence-electron chi connectivity index (χ0n) is 13.7. The summed E-state index contributed by atoms with van der Waals surface area (Å²) in [7, 11) is 2.98. The highest BCUT2D eigenvalue weighted by Gasteiger charge is 2.25.